The summed E-state index contributed by atoms with van der Waals surface area (Å²) in [5.74, 6) is 3.10. The molecule has 2 aliphatic rings. The Labute approximate surface area is 533 Å². The maximum absolute atomic E-state index is 11.8. The number of fused-ring (bicyclic) bond motifs is 4. The van der Waals surface area contributed by atoms with E-state index in [2.05, 4.69) is 82.3 Å². The lowest BCUT2D eigenvalue weighted by molar-refractivity contribution is -0.385. The Bertz CT molecular complexity index is 4280. The molecule has 0 spiro atoms. The maximum Gasteiger partial charge on any atom is 0.343 e. The largest absolute Gasteiger partial charge is 0.462 e. The van der Waals surface area contributed by atoms with Gasteiger partial charge in [0.15, 0.2) is 17.5 Å². The highest BCUT2D eigenvalue weighted by atomic mass is 35.5. The molecule has 36 nitrogen and oxygen atoms in total. The minimum absolute atomic E-state index is 0.0247. The number of nitrogens with zero attached hydrogens (tertiary/aromatic N) is 17. The average Bonchev–Trinajstić information content (AvgIpc) is 1.71. The van der Waals surface area contributed by atoms with Gasteiger partial charge in [0.05, 0.1) is 77.7 Å². The van der Waals surface area contributed by atoms with E-state index in [1.54, 1.807) is 96.5 Å². The monoisotopic (exact) mass is 1300 g/mol. The predicted octanol–water partition coefficient (Wildman–Crippen LogP) is 7.39. The minimum atomic E-state index is -0.574. The van der Waals surface area contributed by atoms with Gasteiger partial charge in [-0.3, -0.25) is 48.4 Å². The summed E-state index contributed by atoms with van der Waals surface area (Å²) in [6.07, 6.45) is 15.4. The number of nitrogens with two attached hydrogens (primary N) is 2. The Kier molecular flexibility index (Phi) is 23.4. The molecular weight excluding hydrogens is 1230 g/mol. The normalized spacial score (nSPS) is 11.0. The van der Waals surface area contributed by atoms with Gasteiger partial charge in [-0.1, -0.05) is 11.6 Å². The van der Waals surface area contributed by atoms with E-state index in [0.29, 0.717) is 70.4 Å². The van der Waals surface area contributed by atoms with Gasteiger partial charge >= 0.3 is 29.3 Å². The second-order valence-electron chi connectivity index (χ2n) is 18.7. The predicted molar refractivity (Wildman–Crippen MR) is 341 cm³/mol. The zero-order chi connectivity index (χ0) is 67.3. The average molecular weight is 1300 g/mol. The Hall–Kier alpha value is -12.6. The highest BCUT2D eigenvalue weighted by Crippen LogP contribution is 2.32. The van der Waals surface area contributed by atoms with Crippen molar-refractivity contribution in [1.82, 2.24) is 73.8 Å². The van der Waals surface area contributed by atoms with Crippen LogP contribution in [0.4, 0.5) is 80.8 Å². The summed E-state index contributed by atoms with van der Waals surface area (Å²) in [7, 11) is 8.66. The van der Waals surface area contributed by atoms with E-state index in [4.69, 9.17) is 37.3 Å². The second-order valence-corrected chi connectivity index (χ2v) is 19.1. The van der Waals surface area contributed by atoms with E-state index in [9.17, 15) is 39.4 Å². The van der Waals surface area contributed by atoms with E-state index < -0.39 is 27.8 Å². The van der Waals surface area contributed by atoms with Crippen LogP contribution in [-0.4, -0.2) is 127 Å². The Morgan fingerprint density at radius 2 is 1.01 bits per heavy atom. The van der Waals surface area contributed by atoms with Gasteiger partial charge in [-0.15, -0.1) is 0 Å². The van der Waals surface area contributed by atoms with Gasteiger partial charge in [-0.05, 0) is 69.3 Å². The van der Waals surface area contributed by atoms with Crippen molar-refractivity contribution < 1.29 is 43.2 Å². The number of aryl methyl sites for hydroxylation is 5. The fraction of sp³-hybridized carbons (Fsp3) is 0.214. The summed E-state index contributed by atoms with van der Waals surface area (Å²) in [6, 6.07) is 16.5. The van der Waals surface area contributed by atoms with Gasteiger partial charge in [0.1, 0.15) is 51.3 Å². The first-order valence-electron chi connectivity index (χ1n) is 27.6. The van der Waals surface area contributed by atoms with E-state index in [0.717, 1.165) is 29.4 Å². The van der Waals surface area contributed by atoms with Gasteiger partial charge in [0.2, 0.25) is 11.0 Å². The van der Waals surface area contributed by atoms with Gasteiger partial charge in [-0.25, -0.2) is 39.3 Å². The summed E-state index contributed by atoms with van der Waals surface area (Å²) in [4.78, 5) is 86.5. The number of ether oxygens (including phenoxy) is 3. The molecule has 1 amide bonds. The van der Waals surface area contributed by atoms with Crippen LogP contribution in [0, 0.1) is 20.2 Å². The lowest BCUT2D eigenvalue weighted by Crippen LogP contribution is -2.09. The standard InChI is InChI=1S/C12H13N5O4.C12H15N5O2.C10H9N5O.C10H11N5.C7H11N3O2.C5H3ClN2O2/c1-3-21-12(18)8-7-14-16(2)11(8)15-10-9(17(19)20)5-4-6-13-10;1-3-19-12(18)8-7-15-17(2)11(8)16-10-9(13)5-4-6-14-10;1-15-9-6(5-12-15)10(16)13-7-3-2-4-11-8(7)14-9;1-15-10-7(6-13-15)5-12-8-3-2-4-11-9(8)14-10;1-3-12-7(11)5-4-9-10(2)6(5)8;6-5-4(8(9)10)2-1-3-7-5/h4-7H,3H2,1-2H3,(H,13,15);4-7H,3,13H2,1-2H3,(H,14,16);2-5H,1H3,(H,11,14)(H,13,16);2-4,6,12H,5H2,1H3,(H,11,14);4H,3,8H2,1-2H3;1-3H. The lowest BCUT2D eigenvalue weighted by Gasteiger charge is -2.10. The van der Waals surface area contributed by atoms with Crippen LogP contribution in [0.5, 0.6) is 0 Å². The van der Waals surface area contributed by atoms with Crippen molar-refractivity contribution in [2.24, 2.45) is 35.2 Å². The number of rotatable bonds is 12. The molecule has 10 aromatic rings. The molecule has 12 rings (SSSR count). The number of hydrogen-bond donors (Lipinski definition) is 8. The van der Waals surface area contributed by atoms with E-state index in [1.807, 2.05) is 30.1 Å². The van der Waals surface area contributed by atoms with Crippen LogP contribution in [0.2, 0.25) is 5.15 Å². The number of amides is 1. The SMILES string of the molecule is CCOC(=O)c1cnn(C)c1N.CCOC(=O)c1cnn(C)c1Nc1ncccc1N.CCOC(=O)c1cnn(C)c1Nc1ncccc1[N+](=O)[O-].Cn1ncc2c1Nc1ncccc1NC2.Cn1ncc2c1Nc1ncccc1NC2=O.O=[N+]([O-])c1cccnc1Cl. The first kappa shape index (κ1) is 67.9. The molecule has 93 heavy (non-hydrogen) atoms. The first-order valence-corrected chi connectivity index (χ1v) is 28.0. The second kappa shape index (κ2) is 32.0. The fourth-order valence-electron chi connectivity index (χ4n) is 7.99. The number of carbonyl (C=O) groups excluding carboxylic acids is 4. The molecule has 0 atom stereocenters. The van der Waals surface area contributed by atoms with Gasteiger partial charge in [-0.2, -0.15) is 25.5 Å². The quantitative estimate of drug-likeness (QED) is 0.0194. The molecule has 0 saturated heterocycles. The van der Waals surface area contributed by atoms with Crippen LogP contribution >= 0.6 is 11.6 Å². The molecule has 10 N–H and O–H groups in total. The molecule has 0 fully saturated rings. The number of aromatic nitrogens is 15. The molecule has 2 aliphatic heterocycles. The number of nitrogen functional groups attached to an aromatic ring is 2. The highest BCUT2D eigenvalue weighted by Gasteiger charge is 2.25. The third-order valence-corrected chi connectivity index (χ3v) is 12.9. The van der Waals surface area contributed by atoms with Crippen LogP contribution < -0.4 is 43.4 Å². The number of halogens is 1. The van der Waals surface area contributed by atoms with Crippen molar-refractivity contribution >= 4 is 116 Å². The third kappa shape index (κ3) is 17.4. The Balaban J connectivity index is 0.000000160. The number of carbonyl (C=O) groups is 4. The van der Waals surface area contributed by atoms with Crippen molar-refractivity contribution in [3.8, 4) is 0 Å². The molecule has 10 aromatic heterocycles. The van der Waals surface area contributed by atoms with E-state index in [1.165, 1.54) is 75.5 Å². The maximum atomic E-state index is 11.8. The fourth-order valence-corrected chi connectivity index (χ4v) is 8.17. The number of anilines is 12. The summed E-state index contributed by atoms with van der Waals surface area (Å²) in [5, 5.41) is 59.2. The molecule has 0 bridgehead atoms. The van der Waals surface area contributed by atoms with E-state index in [-0.39, 0.29) is 46.2 Å². The van der Waals surface area contributed by atoms with E-state index >= 15 is 0 Å². The van der Waals surface area contributed by atoms with Crippen LogP contribution in [0.15, 0.2) is 123 Å². The molecule has 12 heterocycles. The Morgan fingerprint density at radius 3 is 1.56 bits per heavy atom. The molecule has 0 aliphatic carbocycles. The van der Waals surface area contributed by atoms with Crippen molar-refractivity contribution in [3.05, 3.63) is 176 Å². The molecule has 37 heteroatoms. The van der Waals surface area contributed by atoms with Crippen molar-refractivity contribution in [1.29, 1.82) is 0 Å². The van der Waals surface area contributed by atoms with Crippen molar-refractivity contribution in [3.63, 3.8) is 0 Å². The Morgan fingerprint density at radius 1 is 0.559 bits per heavy atom. The van der Waals surface area contributed by atoms with Gasteiger partial charge in [0.25, 0.3) is 5.91 Å². The zero-order valence-electron chi connectivity index (χ0n) is 51.0. The van der Waals surface area contributed by atoms with Crippen LogP contribution in [0.1, 0.15) is 67.8 Å². The van der Waals surface area contributed by atoms with Gasteiger partial charge < -0.3 is 57.6 Å². The molecular formula is C56H62ClN25O11. The molecule has 0 unspecified atom stereocenters. The summed E-state index contributed by atoms with van der Waals surface area (Å²) in [5.41, 5.74) is 15.7. The number of esters is 3. The highest BCUT2D eigenvalue weighted by molar-refractivity contribution is 6.31. The van der Waals surface area contributed by atoms with Gasteiger partial charge in [0, 0.05) is 90.5 Å². The first-order chi connectivity index (χ1) is 44.6. The van der Waals surface area contributed by atoms with Crippen LogP contribution in [0.25, 0.3) is 0 Å². The van der Waals surface area contributed by atoms with Crippen LogP contribution in [-0.2, 0) is 56.0 Å². The summed E-state index contributed by atoms with van der Waals surface area (Å²) < 4.78 is 22.4. The smallest absolute Gasteiger partial charge is 0.343 e. The minimum Gasteiger partial charge on any atom is -0.462 e. The topological polar surface area (TPSA) is 460 Å². The number of nitrogens with one attached hydrogen (secondary N) is 6. The molecule has 484 valence electrons. The third-order valence-electron chi connectivity index (χ3n) is 12.6. The number of pyridine rings is 5. The van der Waals surface area contributed by atoms with Crippen molar-refractivity contribution in [2.75, 3.05) is 63.2 Å². The summed E-state index contributed by atoms with van der Waals surface area (Å²) >= 11 is 5.37. The lowest BCUT2D eigenvalue weighted by atomic mass is 10.3. The van der Waals surface area contributed by atoms with Crippen molar-refractivity contribution in [2.45, 2.75) is 27.3 Å². The van der Waals surface area contributed by atoms with Crippen LogP contribution in [0.3, 0.4) is 0 Å². The summed E-state index contributed by atoms with van der Waals surface area (Å²) in [6.45, 7) is 6.81. The zero-order valence-corrected chi connectivity index (χ0v) is 51.8. The molecule has 0 aromatic carbocycles. The number of nitro groups is 2. The number of hydrogen-bond acceptors (Lipinski definition) is 28. The molecule has 0 saturated carbocycles. The molecule has 0 radical (unpaired) electrons.